The van der Waals surface area contributed by atoms with Crippen molar-refractivity contribution < 1.29 is 0 Å². The Labute approximate surface area is 63.0 Å². The van der Waals surface area contributed by atoms with Gasteiger partial charge in [-0.15, -0.1) is 0 Å². The van der Waals surface area contributed by atoms with E-state index in [0.29, 0.717) is 5.92 Å². The second-order valence-corrected chi connectivity index (χ2v) is 3.33. The van der Waals surface area contributed by atoms with Gasteiger partial charge in [-0.05, 0) is 18.8 Å². The van der Waals surface area contributed by atoms with Gasteiger partial charge in [0.1, 0.15) is 0 Å². The standard InChI is InChI=1S/C8H18N2/c9-8(10)7-5-3-1-2-4-6-7/h7-8H,1-6,9-10H2. The summed E-state index contributed by atoms with van der Waals surface area (Å²) in [7, 11) is 0. The zero-order valence-electron chi connectivity index (χ0n) is 6.55. The molecule has 1 saturated carbocycles. The van der Waals surface area contributed by atoms with Gasteiger partial charge < -0.3 is 11.5 Å². The summed E-state index contributed by atoms with van der Waals surface area (Å²) in [5.74, 6) is 0.600. The predicted molar refractivity (Wildman–Crippen MR) is 43.4 cm³/mol. The van der Waals surface area contributed by atoms with Gasteiger partial charge in [0.25, 0.3) is 0 Å². The molecule has 0 aromatic heterocycles. The van der Waals surface area contributed by atoms with Crippen LogP contribution in [0.4, 0.5) is 0 Å². The molecule has 0 spiro atoms. The van der Waals surface area contributed by atoms with Crippen molar-refractivity contribution in [2.24, 2.45) is 17.4 Å². The number of rotatable bonds is 1. The molecule has 0 atom stereocenters. The van der Waals surface area contributed by atoms with Crippen LogP contribution < -0.4 is 11.5 Å². The lowest BCUT2D eigenvalue weighted by Crippen LogP contribution is -2.38. The molecule has 1 fully saturated rings. The second-order valence-electron chi connectivity index (χ2n) is 3.33. The fourth-order valence-electron chi connectivity index (χ4n) is 1.70. The average molecular weight is 142 g/mol. The first kappa shape index (κ1) is 8.02. The largest absolute Gasteiger partial charge is 0.316 e. The summed E-state index contributed by atoms with van der Waals surface area (Å²) in [5.41, 5.74) is 11.2. The smallest absolute Gasteiger partial charge is 0.0549 e. The van der Waals surface area contributed by atoms with E-state index in [1.807, 2.05) is 0 Å². The van der Waals surface area contributed by atoms with E-state index in [2.05, 4.69) is 0 Å². The zero-order chi connectivity index (χ0) is 7.40. The minimum absolute atomic E-state index is 0.0712. The van der Waals surface area contributed by atoms with Crippen molar-refractivity contribution in [1.82, 2.24) is 0 Å². The third-order valence-electron chi connectivity index (χ3n) is 2.44. The maximum absolute atomic E-state index is 5.61. The van der Waals surface area contributed by atoms with Gasteiger partial charge >= 0.3 is 0 Å². The summed E-state index contributed by atoms with van der Waals surface area (Å²) in [6.45, 7) is 0. The van der Waals surface area contributed by atoms with Crippen LogP contribution in [-0.4, -0.2) is 6.17 Å². The van der Waals surface area contributed by atoms with Gasteiger partial charge in [0.15, 0.2) is 0 Å². The molecule has 0 aliphatic heterocycles. The van der Waals surface area contributed by atoms with Crippen LogP contribution in [0, 0.1) is 5.92 Å². The first-order valence-electron chi connectivity index (χ1n) is 4.32. The van der Waals surface area contributed by atoms with Crippen LogP contribution in [0.3, 0.4) is 0 Å². The van der Waals surface area contributed by atoms with E-state index in [0.717, 1.165) is 0 Å². The van der Waals surface area contributed by atoms with Crippen molar-refractivity contribution in [2.75, 3.05) is 0 Å². The molecular formula is C8H18N2. The molecule has 10 heavy (non-hydrogen) atoms. The summed E-state index contributed by atoms with van der Waals surface area (Å²) >= 11 is 0. The van der Waals surface area contributed by atoms with E-state index >= 15 is 0 Å². The quantitative estimate of drug-likeness (QED) is 0.427. The fourth-order valence-corrected chi connectivity index (χ4v) is 1.70. The Morgan fingerprint density at radius 1 is 0.900 bits per heavy atom. The minimum atomic E-state index is -0.0712. The number of hydrogen-bond donors (Lipinski definition) is 2. The van der Waals surface area contributed by atoms with E-state index in [1.165, 1.54) is 38.5 Å². The van der Waals surface area contributed by atoms with Crippen LogP contribution in [0.25, 0.3) is 0 Å². The first-order valence-corrected chi connectivity index (χ1v) is 4.32. The highest BCUT2D eigenvalue weighted by Crippen LogP contribution is 2.22. The van der Waals surface area contributed by atoms with Crippen LogP contribution in [0.2, 0.25) is 0 Å². The summed E-state index contributed by atoms with van der Waals surface area (Å²) in [5, 5.41) is 0. The van der Waals surface area contributed by atoms with Gasteiger partial charge in [0, 0.05) is 0 Å². The molecule has 0 saturated heterocycles. The van der Waals surface area contributed by atoms with Gasteiger partial charge in [0.05, 0.1) is 6.17 Å². The van der Waals surface area contributed by atoms with E-state index in [1.54, 1.807) is 0 Å². The number of hydrogen-bond acceptors (Lipinski definition) is 2. The summed E-state index contributed by atoms with van der Waals surface area (Å²) < 4.78 is 0. The Hall–Kier alpha value is -0.0800. The van der Waals surface area contributed by atoms with Gasteiger partial charge in [-0.25, -0.2) is 0 Å². The lowest BCUT2D eigenvalue weighted by Gasteiger charge is -2.17. The molecule has 0 aromatic rings. The molecule has 0 aromatic carbocycles. The molecule has 1 rings (SSSR count). The maximum atomic E-state index is 5.61. The van der Waals surface area contributed by atoms with E-state index in [9.17, 15) is 0 Å². The van der Waals surface area contributed by atoms with Crippen LogP contribution in [0.15, 0.2) is 0 Å². The topological polar surface area (TPSA) is 52.0 Å². The highest BCUT2D eigenvalue weighted by Gasteiger charge is 2.15. The van der Waals surface area contributed by atoms with E-state index in [-0.39, 0.29) is 6.17 Å². The molecule has 4 N–H and O–H groups in total. The minimum Gasteiger partial charge on any atom is -0.316 e. The SMILES string of the molecule is NC(N)C1CCCCCC1. The van der Waals surface area contributed by atoms with Crippen LogP contribution >= 0.6 is 0 Å². The Balaban J connectivity index is 2.28. The first-order chi connectivity index (χ1) is 4.80. The van der Waals surface area contributed by atoms with Gasteiger partial charge in [-0.3, -0.25) is 0 Å². The number of nitrogens with two attached hydrogens (primary N) is 2. The van der Waals surface area contributed by atoms with Gasteiger partial charge in [0.2, 0.25) is 0 Å². The third-order valence-corrected chi connectivity index (χ3v) is 2.44. The molecule has 0 heterocycles. The average Bonchev–Trinajstić information content (AvgIpc) is 2.12. The molecular weight excluding hydrogens is 124 g/mol. The van der Waals surface area contributed by atoms with E-state index in [4.69, 9.17) is 11.5 Å². The Kier molecular flexibility index (Phi) is 3.16. The van der Waals surface area contributed by atoms with Crippen molar-refractivity contribution in [3.05, 3.63) is 0 Å². The molecule has 0 unspecified atom stereocenters. The fraction of sp³-hybridized carbons (Fsp3) is 1.00. The molecule has 1 aliphatic rings. The molecule has 2 heteroatoms. The van der Waals surface area contributed by atoms with Crippen LogP contribution in [-0.2, 0) is 0 Å². The van der Waals surface area contributed by atoms with Crippen LogP contribution in [0.1, 0.15) is 38.5 Å². The van der Waals surface area contributed by atoms with Crippen molar-refractivity contribution >= 4 is 0 Å². The third kappa shape index (κ3) is 2.27. The molecule has 0 bridgehead atoms. The highest BCUT2D eigenvalue weighted by atomic mass is 14.9. The summed E-state index contributed by atoms with van der Waals surface area (Å²) in [6.07, 6.45) is 7.84. The molecule has 60 valence electrons. The highest BCUT2D eigenvalue weighted by molar-refractivity contribution is 4.70. The predicted octanol–water partition coefficient (Wildman–Crippen LogP) is 1.20. The monoisotopic (exact) mass is 142 g/mol. The Morgan fingerprint density at radius 2 is 1.40 bits per heavy atom. The van der Waals surface area contributed by atoms with Gasteiger partial charge in [-0.2, -0.15) is 0 Å². The van der Waals surface area contributed by atoms with Crippen molar-refractivity contribution in [3.63, 3.8) is 0 Å². The van der Waals surface area contributed by atoms with Crippen molar-refractivity contribution in [2.45, 2.75) is 44.7 Å². The van der Waals surface area contributed by atoms with Gasteiger partial charge in [-0.1, -0.05) is 25.7 Å². The van der Waals surface area contributed by atoms with Crippen LogP contribution in [0.5, 0.6) is 0 Å². The lowest BCUT2D eigenvalue weighted by atomic mass is 9.98. The molecule has 0 radical (unpaired) electrons. The van der Waals surface area contributed by atoms with Crippen molar-refractivity contribution in [1.29, 1.82) is 0 Å². The maximum Gasteiger partial charge on any atom is 0.0549 e. The lowest BCUT2D eigenvalue weighted by molar-refractivity contribution is 0.382. The summed E-state index contributed by atoms with van der Waals surface area (Å²) in [6, 6.07) is 0. The zero-order valence-corrected chi connectivity index (χ0v) is 6.55. The normalized spacial score (nSPS) is 23.1. The molecule has 0 amide bonds. The Bertz CT molecular complexity index is 83.3. The van der Waals surface area contributed by atoms with E-state index < -0.39 is 0 Å². The molecule has 1 aliphatic carbocycles. The van der Waals surface area contributed by atoms with Crippen molar-refractivity contribution in [3.8, 4) is 0 Å². The molecule has 2 nitrogen and oxygen atoms in total. The second kappa shape index (κ2) is 3.94. The Morgan fingerprint density at radius 3 is 1.80 bits per heavy atom. The summed E-state index contributed by atoms with van der Waals surface area (Å²) in [4.78, 5) is 0.